The lowest BCUT2D eigenvalue weighted by Crippen LogP contribution is -1.95. The third-order valence-electron chi connectivity index (χ3n) is 3.67. The minimum absolute atomic E-state index is 0. The van der Waals surface area contributed by atoms with Crippen LogP contribution in [-0.2, 0) is 0 Å². The summed E-state index contributed by atoms with van der Waals surface area (Å²) in [7, 11) is 0. The Morgan fingerprint density at radius 1 is 0.920 bits per heavy atom. The summed E-state index contributed by atoms with van der Waals surface area (Å²) in [6, 6.07) is 17.6. The third-order valence-corrected chi connectivity index (χ3v) is 4.57. The average molecular weight is 370 g/mol. The largest absolute Gasteiger partial charge is 0.457 e. The van der Waals surface area contributed by atoms with Gasteiger partial charge in [-0.05, 0) is 43.3 Å². The molecule has 0 aliphatic carbocycles. The second-order valence-corrected chi connectivity index (χ2v) is 6.42. The summed E-state index contributed by atoms with van der Waals surface area (Å²) < 4.78 is 5.81. The minimum atomic E-state index is 0. The van der Waals surface area contributed by atoms with Crippen LogP contribution < -0.4 is 10.1 Å². The van der Waals surface area contributed by atoms with E-state index in [-0.39, 0.29) is 12.4 Å². The number of hydrogen-bond acceptors (Lipinski definition) is 5. The molecule has 6 heteroatoms. The molecule has 4 aromatic rings. The van der Waals surface area contributed by atoms with Gasteiger partial charge in [0, 0.05) is 15.9 Å². The third kappa shape index (κ3) is 3.73. The average Bonchev–Trinajstić information content (AvgIpc) is 3.00. The number of nitrogens with one attached hydrogen (secondary N) is 1. The number of aromatic nitrogens is 2. The molecule has 0 aliphatic heterocycles. The molecule has 2 heterocycles. The summed E-state index contributed by atoms with van der Waals surface area (Å²) in [5.41, 5.74) is 1.96. The highest BCUT2D eigenvalue weighted by atomic mass is 35.5. The van der Waals surface area contributed by atoms with Gasteiger partial charge in [0.2, 0.25) is 0 Å². The number of nitrogens with zero attached hydrogens (tertiary/aromatic N) is 2. The van der Waals surface area contributed by atoms with Gasteiger partial charge in [-0.25, -0.2) is 9.97 Å². The number of para-hydroxylation sites is 1. The van der Waals surface area contributed by atoms with Crippen LogP contribution in [0.3, 0.4) is 0 Å². The van der Waals surface area contributed by atoms with E-state index >= 15 is 0 Å². The Balaban J connectivity index is 0.00000182. The molecular formula is C19H16ClN3OS. The lowest BCUT2D eigenvalue weighted by molar-refractivity contribution is 0.483. The molecule has 0 amide bonds. The van der Waals surface area contributed by atoms with Gasteiger partial charge in [-0.15, -0.1) is 23.7 Å². The SMILES string of the molecule is Cc1scc2c(Nc3ccc(Oc4ccccc4)cc3)ncnc12.Cl. The van der Waals surface area contributed by atoms with Crippen LogP contribution >= 0.6 is 23.7 Å². The van der Waals surface area contributed by atoms with Crippen LogP contribution in [0, 0.1) is 6.92 Å². The van der Waals surface area contributed by atoms with Crippen molar-refractivity contribution < 1.29 is 4.74 Å². The van der Waals surface area contributed by atoms with Crippen molar-refractivity contribution in [3.05, 3.63) is 71.2 Å². The molecule has 4 nitrogen and oxygen atoms in total. The molecule has 0 atom stereocenters. The number of ether oxygens (including phenoxy) is 1. The zero-order valence-corrected chi connectivity index (χ0v) is 15.1. The Morgan fingerprint density at radius 2 is 1.64 bits per heavy atom. The summed E-state index contributed by atoms with van der Waals surface area (Å²) >= 11 is 1.68. The van der Waals surface area contributed by atoms with E-state index in [4.69, 9.17) is 4.74 Å². The van der Waals surface area contributed by atoms with E-state index in [1.54, 1.807) is 17.7 Å². The van der Waals surface area contributed by atoms with E-state index < -0.39 is 0 Å². The predicted molar refractivity (Wildman–Crippen MR) is 106 cm³/mol. The van der Waals surface area contributed by atoms with Gasteiger partial charge in [-0.2, -0.15) is 0 Å². The molecule has 0 bridgehead atoms. The molecule has 0 saturated carbocycles. The van der Waals surface area contributed by atoms with Gasteiger partial charge in [-0.1, -0.05) is 18.2 Å². The number of halogens is 1. The van der Waals surface area contributed by atoms with Crippen molar-refractivity contribution in [3.8, 4) is 11.5 Å². The number of thiophene rings is 1. The van der Waals surface area contributed by atoms with Gasteiger partial charge in [0.1, 0.15) is 23.6 Å². The van der Waals surface area contributed by atoms with Gasteiger partial charge < -0.3 is 10.1 Å². The van der Waals surface area contributed by atoms with Crippen LogP contribution in [0.2, 0.25) is 0 Å². The van der Waals surface area contributed by atoms with E-state index in [1.807, 2.05) is 54.6 Å². The van der Waals surface area contributed by atoms with Crippen molar-refractivity contribution in [1.29, 1.82) is 0 Å². The summed E-state index contributed by atoms with van der Waals surface area (Å²) in [4.78, 5) is 9.90. The van der Waals surface area contributed by atoms with Crippen LogP contribution in [0.4, 0.5) is 11.5 Å². The van der Waals surface area contributed by atoms with Gasteiger partial charge in [0.15, 0.2) is 0 Å². The normalized spacial score (nSPS) is 10.3. The Morgan fingerprint density at radius 3 is 2.40 bits per heavy atom. The van der Waals surface area contributed by atoms with Crippen molar-refractivity contribution in [2.75, 3.05) is 5.32 Å². The lowest BCUT2D eigenvalue weighted by atomic mass is 10.2. The molecule has 2 aromatic carbocycles. The highest BCUT2D eigenvalue weighted by Crippen LogP contribution is 2.30. The first-order valence-corrected chi connectivity index (χ1v) is 8.46. The zero-order chi connectivity index (χ0) is 16.4. The molecule has 0 fully saturated rings. The standard InChI is InChI=1S/C19H15N3OS.ClH/c1-13-18-17(11-24-13)19(21-12-20-18)22-14-7-9-16(10-8-14)23-15-5-3-2-4-6-15;/h2-12H,1H3,(H,20,21,22);1H. The van der Waals surface area contributed by atoms with Gasteiger partial charge in [0.05, 0.1) is 10.9 Å². The van der Waals surface area contributed by atoms with Crippen molar-refractivity contribution in [2.24, 2.45) is 0 Å². The molecule has 1 N–H and O–H groups in total. The highest BCUT2D eigenvalue weighted by molar-refractivity contribution is 7.11. The topological polar surface area (TPSA) is 47.0 Å². The maximum Gasteiger partial charge on any atom is 0.142 e. The van der Waals surface area contributed by atoms with Crippen LogP contribution in [0.1, 0.15) is 4.88 Å². The van der Waals surface area contributed by atoms with Gasteiger partial charge in [-0.3, -0.25) is 0 Å². The van der Waals surface area contributed by atoms with Crippen molar-refractivity contribution in [1.82, 2.24) is 9.97 Å². The van der Waals surface area contributed by atoms with Gasteiger partial charge in [0.25, 0.3) is 0 Å². The number of anilines is 2. The molecule has 2 aromatic heterocycles. The fourth-order valence-electron chi connectivity index (χ4n) is 2.46. The second kappa shape index (κ2) is 7.51. The van der Waals surface area contributed by atoms with Gasteiger partial charge >= 0.3 is 0 Å². The van der Waals surface area contributed by atoms with E-state index in [0.717, 1.165) is 33.9 Å². The quantitative estimate of drug-likeness (QED) is 0.482. The Bertz CT molecular complexity index is 971. The molecule has 0 unspecified atom stereocenters. The molecule has 0 aliphatic rings. The first-order valence-electron chi connectivity index (χ1n) is 7.58. The monoisotopic (exact) mass is 369 g/mol. The fourth-order valence-corrected chi connectivity index (χ4v) is 3.25. The van der Waals surface area contributed by atoms with Crippen molar-refractivity contribution >= 4 is 46.2 Å². The Hall–Kier alpha value is -2.63. The van der Waals surface area contributed by atoms with Crippen LogP contribution in [0.5, 0.6) is 11.5 Å². The molecule has 4 rings (SSSR count). The number of hydrogen-bond donors (Lipinski definition) is 1. The molecule has 126 valence electrons. The van der Waals surface area contributed by atoms with Crippen molar-refractivity contribution in [2.45, 2.75) is 6.92 Å². The predicted octanol–water partition coefficient (Wildman–Crippen LogP) is 5.96. The molecule has 0 saturated heterocycles. The summed E-state index contributed by atoms with van der Waals surface area (Å²) in [5, 5.41) is 6.48. The Labute approximate surface area is 155 Å². The van der Waals surface area contributed by atoms with Crippen LogP contribution in [0.15, 0.2) is 66.3 Å². The number of benzene rings is 2. The minimum Gasteiger partial charge on any atom is -0.457 e. The molecular weight excluding hydrogens is 354 g/mol. The van der Waals surface area contributed by atoms with E-state index in [0.29, 0.717) is 0 Å². The maximum atomic E-state index is 5.81. The highest BCUT2D eigenvalue weighted by Gasteiger charge is 2.08. The maximum absolute atomic E-state index is 5.81. The second-order valence-electron chi connectivity index (χ2n) is 5.34. The van der Waals surface area contributed by atoms with Crippen LogP contribution in [-0.4, -0.2) is 9.97 Å². The number of aryl methyl sites for hydroxylation is 1. The van der Waals surface area contributed by atoms with E-state index in [2.05, 4.69) is 27.6 Å². The summed E-state index contributed by atoms with van der Waals surface area (Å²) in [6.07, 6.45) is 1.59. The fraction of sp³-hybridized carbons (Fsp3) is 0.0526. The first-order chi connectivity index (χ1) is 11.8. The zero-order valence-electron chi connectivity index (χ0n) is 13.5. The summed E-state index contributed by atoms with van der Waals surface area (Å²) in [6.45, 7) is 2.07. The number of rotatable bonds is 4. The summed E-state index contributed by atoms with van der Waals surface area (Å²) in [5.74, 6) is 2.44. The van der Waals surface area contributed by atoms with E-state index in [1.165, 1.54) is 4.88 Å². The number of fused-ring (bicyclic) bond motifs is 1. The lowest BCUT2D eigenvalue weighted by Gasteiger charge is -2.09. The molecule has 0 spiro atoms. The van der Waals surface area contributed by atoms with Crippen molar-refractivity contribution in [3.63, 3.8) is 0 Å². The first kappa shape index (κ1) is 17.2. The Kier molecular flexibility index (Phi) is 5.16. The smallest absolute Gasteiger partial charge is 0.142 e. The molecule has 0 radical (unpaired) electrons. The molecule has 25 heavy (non-hydrogen) atoms. The van der Waals surface area contributed by atoms with Crippen LogP contribution in [0.25, 0.3) is 10.9 Å². The van der Waals surface area contributed by atoms with E-state index in [9.17, 15) is 0 Å².